The lowest BCUT2D eigenvalue weighted by Crippen LogP contribution is -2.51. The lowest BCUT2D eigenvalue weighted by molar-refractivity contribution is -0.139. The van der Waals surface area contributed by atoms with E-state index in [0.717, 1.165) is 21.0 Å². The van der Waals surface area contributed by atoms with Crippen molar-refractivity contribution >= 4 is 27.5 Å². The molecule has 0 unspecified atom stereocenters. The van der Waals surface area contributed by atoms with Crippen LogP contribution in [0.25, 0.3) is 0 Å². The maximum absolute atomic E-state index is 14.1. The number of nitrogens with one attached hydrogen (secondary N) is 1. The van der Waals surface area contributed by atoms with Crippen molar-refractivity contribution in [3.8, 4) is 5.75 Å². The standard InChI is InChI=1S/C31H39N3O5S/c1-22(2)19-32-31(36)25(5)33(20-26-13-11-10-12-24(26)4)30(35)21-34(28-18-23(3)16-17-29(28)39-6)40(37,38)27-14-8-7-9-15-27/h7-18,22,25H,19-21H2,1-6H3,(H,32,36)/t25-/m0/s1. The van der Waals surface area contributed by atoms with Crippen LogP contribution in [0.1, 0.15) is 37.5 Å². The van der Waals surface area contributed by atoms with E-state index in [1.54, 1.807) is 37.3 Å². The number of anilines is 1. The molecule has 0 aliphatic carbocycles. The predicted molar refractivity (Wildman–Crippen MR) is 158 cm³/mol. The fourth-order valence-electron chi connectivity index (χ4n) is 4.23. The van der Waals surface area contributed by atoms with E-state index in [9.17, 15) is 18.0 Å². The Morgan fingerprint density at radius 3 is 2.20 bits per heavy atom. The van der Waals surface area contributed by atoms with Crippen molar-refractivity contribution in [1.29, 1.82) is 0 Å². The van der Waals surface area contributed by atoms with Gasteiger partial charge in [-0.3, -0.25) is 13.9 Å². The molecule has 9 heteroatoms. The van der Waals surface area contributed by atoms with Crippen LogP contribution in [0.5, 0.6) is 5.75 Å². The number of sulfonamides is 1. The average molecular weight is 566 g/mol. The summed E-state index contributed by atoms with van der Waals surface area (Å²) in [5.74, 6) is -0.275. The highest BCUT2D eigenvalue weighted by molar-refractivity contribution is 7.92. The highest BCUT2D eigenvalue weighted by Gasteiger charge is 2.34. The minimum Gasteiger partial charge on any atom is -0.495 e. The molecule has 3 aromatic carbocycles. The molecule has 2 amide bonds. The molecule has 3 aromatic rings. The van der Waals surface area contributed by atoms with E-state index in [4.69, 9.17) is 4.74 Å². The van der Waals surface area contributed by atoms with Crippen LogP contribution < -0.4 is 14.4 Å². The molecule has 40 heavy (non-hydrogen) atoms. The number of nitrogens with zero attached hydrogens (tertiary/aromatic N) is 2. The van der Waals surface area contributed by atoms with E-state index >= 15 is 0 Å². The van der Waals surface area contributed by atoms with E-state index < -0.39 is 28.5 Å². The van der Waals surface area contributed by atoms with E-state index in [0.29, 0.717) is 12.3 Å². The molecule has 214 valence electrons. The maximum Gasteiger partial charge on any atom is 0.264 e. The first-order chi connectivity index (χ1) is 18.9. The van der Waals surface area contributed by atoms with E-state index in [-0.39, 0.29) is 29.0 Å². The Hall–Kier alpha value is -3.85. The van der Waals surface area contributed by atoms with Gasteiger partial charge in [0.05, 0.1) is 17.7 Å². The van der Waals surface area contributed by atoms with Gasteiger partial charge in [0.2, 0.25) is 11.8 Å². The van der Waals surface area contributed by atoms with Crippen molar-refractivity contribution in [1.82, 2.24) is 10.2 Å². The highest BCUT2D eigenvalue weighted by Crippen LogP contribution is 2.33. The third-order valence-electron chi connectivity index (χ3n) is 6.67. The Morgan fingerprint density at radius 2 is 1.57 bits per heavy atom. The van der Waals surface area contributed by atoms with Crippen molar-refractivity contribution in [2.24, 2.45) is 5.92 Å². The van der Waals surface area contributed by atoms with Gasteiger partial charge in [-0.1, -0.05) is 62.4 Å². The van der Waals surface area contributed by atoms with Crippen LogP contribution in [0, 0.1) is 19.8 Å². The molecular formula is C31H39N3O5S. The molecule has 0 saturated heterocycles. The molecule has 0 heterocycles. The second kappa shape index (κ2) is 13.5. The lowest BCUT2D eigenvalue weighted by Gasteiger charge is -2.33. The van der Waals surface area contributed by atoms with Crippen LogP contribution in [0.2, 0.25) is 0 Å². The van der Waals surface area contributed by atoms with Gasteiger partial charge in [-0.2, -0.15) is 0 Å². The first kappa shape index (κ1) is 30.7. The van der Waals surface area contributed by atoms with Gasteiger partial charge in [0.15, 0.2) is 0 Å². The largest absolute Gasteiger partial charge is 0.495 e. The third kappa shape index (κ3) is 7.41. The number of rotatable bonds is 12. The fraction of sp³-hybridized carbons (Fsp3) is 0.355. The number of ether oxygens (including phenoxy) is 1. The zero-order valence-corrected chi connectivity index (χ0v) is 24.9. The van der Waals surface area contributed by atoms with Gasteiger partial charge in [-0.05, 0) is 67.6 Å². The quantitative estimate of drug-likeness (QED) is 0.344. The highest BCUT2D eigenvalue weighted by atomic mass is 32.2. The minimum atomic E-state index is -4.18. The van der Waals surface area contributed by atoms with Crippen LogP contribution >= 0.6 is 0 Å². The number of carbonyl (C=O) groups is 2. The summed E-state index contributed by atoms with van der Waals surface area (Å²) < 4.78 is 34.5. The second-order valence-corrected chi connectivity index (χ2v) is 12.1. The summed E-state index contributed by atoms with van der Waals surface area (Å²) in [5, 5.41) is 2.90. The van der Waals surface area contributed by atoms with Gasteiger partial charge in [0.1, 0.15) is 18.3 Å². The Labute approximate surface area is 238 Å². The van der Waals surface area contributed by atoms with Crippen LogP contribution in [-0.4, -0.2) is 51.4 Å². The predicted octanol–water partition coefficient (Wildman–Crippen LogP) is 4.70. The molecule has 1 N–H and O–H groups in total. The zero-order chi connectivity index (χ0) is 29.4. The number of carbonyl (C=O) groups excluding carboxylic acids is 2. The summed E-state index contributed by atoms with van der Waals surface area (Å²) in [7, 11) is -2.72. The molecule has 1 atom stereocenters. The third-order valence-corrected chi connectivity index (χ3v) is 8.44. The summed E-state index contributed by atoms with van der Waals surface area (Å²) in [6.07, 6.45) is 0. The SMILES string of the molecule is COc1ccc(C)cc1N(CC(=O)N(Cc1ccccc1C)[C@@H](C)C(=O)NCC(C)C)S(=O)(=O)c1ccccc1. The minimum absolute atomic E-state index is 0.0412. The second-order valence-electron chi connectivity index (χ2n) is 10.3. The van der Waals surface area contributed by atoms with Gasteiger partial charge in [0.25, 0.3) is 10.0 Å². The molecule has 0 bridgehead atoms. The van der Waals surface area contributed by atoms with Gasteiger partial charge in [0, 0.05) is 13.1 Å². The Kier molecular flexibility index (Phi) is 10.3. The molecule has 0 aliphatic heterocycles. The number of hydrogen-bond acceptors (Lipinski definition) is 5. The topological polar surface area (TPSA) is 96.0 Å². The number of amides is 2. The molecule has 0 spiro atoms. The van der Waals surface area contributed by atoms with Crippen molar-refractivity contribution in [2.75, 3.05) is 24.5 Å². The first-order valence-corrected chi connectivity index (χ1v) is 14.7. The van der Waals surface area contributed by atoms with Crippen LogP contribution in [-0.2, 0) is 26.2 Å². The van der Waals surface area contributed by atoms with E-state index in [1.807, 2.05) is 58.0 Å². The van der Waals surface area contributed by atoms with Gasteiger partial charge >= 0.3 is 0 Å². The van der Waals surface area contributed by atoms with Gasteiger partial charge < -0.3 is 15.0 Å². The van der Waals surface area contributed by atoms with Crippen LogP contribution in [0.15, 0.2) is 77.7 Å². The molecule has 8 nitrogen and oxygen atoms in total. The zero-order valence-electron chi connectivity index (χ0n) is 24.0. The number of aryl methyl sites for hydroxylation is 2. The summed E-state index contributed by atoms with van der Waals surface area (Å²) in [4.78, 5) is 28.7. The van der Waals surface area contributed by atoms with Gasteiger partial charge in [-0.25, -0.2) is 8.42 Å². The first-order valence-electron chi connectivity index (χ1n) is 13.3. The molecule has 0 aliphatic rings. The number of hydrogen-bond donors (Lipinski definition) is 1. The van der Waals surface area contributed by atoms with E-state index in [2.05, 4.69) is 5.32 Å². The van der Waals surface area contributed by atoms with Crippen molar-refractivity contribution in [3.63, 3.8) is 0 Å². The van der Waals surface area contributed by atoms with Crippen molar-refractivity contribution in [3.05, 3.63) is 89.5 Å². The fourth-order valence-corrected chi connectivity index (χ4v) is 5.67. The average Bonchev–Trinajstić information content (AvgIpc) is 2.94. The summed E-state index contributed by atoms with van der Waals surface area (Å²) in [5.41, 5.74) is 2.87. The van der Waals surface area contributed by atoms with Crippen LogP contribution in [0.3, 0.4) is 0 Å². The lowest BCUT2D eigenvalue weighted by atomic mass is 10.1. The normalized spacial score (nSPS) is 12.1. The summed E-state index contributed by atoms with van der Waals surface area (Å²) in [6.45, 7) is 9.50. The Bertz CT molecular complexity index is 1420. The molecule has 0 fully saturated rings. The monoisotopic (exact) mass is 565 g/mol. The number of methoxy groups -OCH3 is 1. The molecule has 0 radical (unpaired) electrons. The van der Waals surface area contributed by atoms with E-state index in [1.165, 1.54) is 24.1 Å². The Balaban J connectivity index is 2.08. The smallest absolute Gasteiger partial charge is 0.264 e. The maximum atomic E-state index is 14.1. The Morgan fingerprint density at radius 1 is 0.925 bits per heavy atom. The molecule has 0 saturated carbocycles. The molecule has 3 rings (SSSR count). The molecule has 0 aromatic heterocycles. The summed E-state index contributed by atoms with van der Waals surface area (Å²) in [6, 6.07) is 19.9. The molecular weight excluding hydrogens is 526 g/mol. The van der Waals surface area contributed by atoms with Gasteiger partial charge in [-0.15, -0.1) is 0 Å². The van der Waals surface area contributed by atoms with Crippen molar-refractivity contribution < 1.29 is 22.7 Å². The van der Waals surface area contributed by atoms with Crippen LogP contribution in [0.4, 0.5) is 5.69 Å². The number of benzene rings is 3. The van der Waals surface area contributed by atoms with Crippen molar-refractivity contribution in [2.45, 2.75) is 52.1 Å². The summed E-state index contributed by atoms with van der Waals surface area (Å²) >= 11 is 0.